The van der Waals surface area contributed by atoms with E-state index in [0.29, 0.717) is 12.1 Å². The molecule has 0 saturated carbocycles. The molecule has 0 bridgehead atoms. The maximum atomic E-state index is 6.06. The smallest absolute Gasteiger partial charge is 0.0408 e. The highest BCUT2D eigenvalue weighted by molar-refractivity contribution is 6.30. The highest BCUT2D eigenvalue weighted by Gasteiger charge is 2.22. The van der Waals surface area contributed by atoms with Gasteiger partial charge in [-0.3, -0.25) is 0 Å². The van der Waals surface area contributed by atoms with Crippen molar-refractivity contribution in [3.8, 4) is 0 Å². The summed E-state index contributed by atoms with van der Waals surface area (Å²) in [5.41, 5.74) is 4.24. The Labute approximate surface area is 126 Å². The molecule has 0 spiro atoms. The van der Waals surface area contributed by atoms with E-state index in [-0.39, 0.29) is 0 Å². The molecule has 20 heavy (non-hydrogen) atoms. The van der Waals surface area contributed by atoms with E-state index in [1.807, 2.05) is 6.07 Å². The predicted molar refractivity (Wildman–Crippen MR) is 85.4 cm³/mol. The number of hydrogen-bond acceptors (Lipinski definition) is 1. The zero-order chi connectivity index (χ0) is 13.9. The molecule has 2 aromatic rings. The van der Waals surface area contributed by atoms with Gasteiger partial charge in [-0.05, 0) is 55.0 Å². The van der Waals surface area contributed by atoms with Crippen molar-refractivity contribution >= 4 is 11.6 Å². The molecule has 104 valence electrons. The van der Waals surface area contributed by atoms with Gasteiger partial charge in [0.1, 0.15) is 0 Å². The van der Waals surface area contributed by atoms with E-state index < -0.39 is 0 Å². The number of nitrogens with one attached hydrogen (secondary N) is 1. The molecule has 0 aliphatic heterocycles. The Balaban J connectivity index is 1.58. The van der Waals surface area contributed by atoms with Crippen LogP contribution in [-0.2, 0) is 19.3 Å². The first kappa shape index (κ1) is 13.7. The molecular weight excluding hydrogens is 266 g/mol. The van der Waals surface area contributed by atoms with Crippen LogP contribution in [0.1, 0.15) is 23.6 Å². The Morgan fingerprint density at radius 3 is 2.65 bits per heavy atom. The second kappa shape index (κ2) is 5.99. The Morgan fingerprint density at radius 1 is 1.10 bits per heavy atom. The third kappa shape index (κ3) is 3.23. The Hall–Kier alpha value is -1.31. The quantitative estimate of drug-likeness (QED) is 0.894. The predicted octanol–water partition coefficient (Wildman–Crippen LogP) is 4.03. The summed E-state index contributed by atoms with van der Waals surface area (Å²) in [6, 6.07) is 18.0. The molecule has 1 aliphatic rings. The summed E-state index contributed by atoms with van der Waals surface area (Å²) in [6.07, 6.45) is 3.29. The first-order chi connectivity index (χ1) is 9.70. The van der Waals surface area contributed by atoms with Gasteiger partial charge in [0, 0.05) is 17.1 Å². The van der Waals surface area contributed by atoms with Gasteiger partial charge in [0.25, 0.3) is 0 Å². The number of rotatable bonds is 4. The van der Waals surface area contributed by atoms with E-state index in [2.05, 4.69) is 54.7 Å². The third-order valence-electron chi connectivity index (χ3n) is 4.01. The molecule has 0 heterocycles. The fourth-order valence-corrected chi connectivity index (χ4v) is 3.33. The summed E-state index contributed by atoms with van der Waals surface area (Å²) in [7, 11) is 0. The van der Waals surface area contributed by atoms with E-state index in [9.17, 15) is 0 Å². The first-order valence-electron chi connectivity index (χ1n) is 7.28. The van der Waals surface area contributed by atoms with Crippen molar-refractivity contribution in [3.05, 3.63) is 70.2 Å². The summed E-state index contributed by atoms with van der Waals surface area (Å²) < 4.78 is 0. The zero-order valence-corrected chi connectivity index (χ0v) is 12.5. The lowest BCUT2D eigenvalue weighted by Crippen LogP contribution is -2.38. The van der Waals surface area contributed by atoms with Gasteiger partial charge in [-0.1, -0.05) is 48.0 Å². The van der Waals surface area contributed by atoms with Crippen molar-refractivity contribution in [2.45, 2.75) is 38.3 Å². The molecule has 2 heteroatoms. The van der Waals surface area contributed by atoms with Crippen LogP contribution in [0.15, 0.2) is 48.5 Å². The molecule has 0 fully saturated rings. The normalized spacial score (nSPS) is 18.8. The molecule has 0 amide bonds. The van der Waals surface area contributed by atoms with Gasteiger partial charge in [-0.15, -0.1) is 0 Å². The van der Waals surface area contributed by atoms with Crippen LogP contribution in [0.3, 0.4) is 0 Å². The van der Waals surface area contributed by atoms with Gasteiger partial charge in [-0.2, -0.15) is 0 Å². The Kier molecular flexibility index (Phi) is 4.09. The van der Waals surface area contributed by atoms with Crippen LogP contribution in [0.5, 0.6) is 0 Å². The van der Waals surface area contributed by atoms with Crippen molar-refractivity contribution in [2.75, 3.05) is 0 Å². The summed E-state index contributed by atoms with van der Waals surface area (Å²) in [5, 5.41) is 4.60. The van der Waals surface area contributed by atoms with Crippen LogP contribution >= 0.6 is 11.6 Å². The molecule has 0 radical (unpaired) electrons. The van der Waals surface area contributed by atoms with Crippen LogP contribution in [0, 0.1) is 0 Å². The van der Waals surface area contributed by atoms with Gasteiger partial charge in [0.15, 0.2) is 0 Å². The van der Waals surface area contributed by atoms with Gasteiger partial charge in [-0.25, -0.2) is 0 Å². The summed E-state index contributed by atoms with van der Waals surface area (Å²) in [4.78, 5) is 0. The number of hydrogen-bond donors (Lipinski definition) is 1. The van der Waals surface area contributed by atoms with Gasteiger partial charge >= 0.3 is 0 Å². The van der Waals surface area contributed by atoms with Crippen LogP contribution in [0.2, 0.25) is 5.02 Å². The van der Waals surface area contributed by atoms with Crippen LogP contribution in [0.25, 0.3) is 0 Å². The van der Waals surface area contributed by atoms with Gasteiger partial charge < -0.3 is 5.32 Å². The Bertz CT molecular complexity index is 579. The van der Waals surface area contributed by atoms with E-state index in [0.717, 1.165) is 24.3 Å². The number of fused-ring (bicyclic) bond motifs is 1. The van der Waals surface area contributed by atoms with Crippen LogP contribution < -0.4 is 5.32 Å². The van der Waals surface area contributed by atoms with Gasteiger partial charge in [0.05, 0.1) is 0 Å². The highest BCUT2D eigenvalue weighted by Crippen LogP contribution is 2.25. The Morgan fingerprint density at radius 2 is 1.85 bits per heavy atom. The zero-order valence-electron chi connectivity index (χ0n) is 11.8. The fourth-order valence-electron chi connectivity index (χ4n) is 3.13. The van der Waals surface area contributed by atoms with E-state index in [4.69, 9.17) is 11.6 Å². The van der Waals surface area contributed by atoms with Crippen molar-refractivity contribution < 1.29 is 0 Å². The van der Waals surface area contributed by atoms with Crippen molar-refractivity contribution in [3.63, 3.8) is 0 Å². The molecule has 1 aliphatic carbocycles. The van der Waals surface area contributed by atoms with Crippen LogP contribution in [-0.4, -0.2) is 12.1 Å². The maximum Gasteiger partial charge on any atom is 0.0408 e. The van der Waals surface area contributed by atoms with Gasteiger partial charge in [0.2, 0.25) is 0 Å². The molecule has 0 saturated heterocycles. The summed E-state index contributed by atoms with van der Waals surface area (Å²) in [6.45, 7) is 2.27. The highest BCUT2D eigenvalue weighted by atomic mass is 35.5. The minimum absolute atomic E-state index is 0.493. The molecular formula is C18H20ClN. The second-order valence-electron chi connectivity index (χ2n) is 5.78. The monoisotopic (exact) mass is 285 g/mol. The fraction of sp³-hybridized carbons (Fsp3) is 0.333. The molecule has 3 rings (SSSR count). The molecule has 0 aromatic heterocycles. The number of benzene rings is 2. The van der Waals surface area contributed by atoms with Crippen molar-refractivity contribution in [1.29, 1.82) is 0 Å². The molecule has 1 nitrogen and oxygen atoms in total. The average Bonchev–Trinajstić information content (AvgIpc) is 2.80. The van der Waals surface area contributed by atoms with E-state index >= 15 is 0 Å². The third-order valence-corrected chi connectivity index (χ3v) is 4.24. The molecule has 1 N–H and O–H groups in total. The maximum absolute atomic E-state index is 6.06. The average molecular weight is 286 g/mol. The molecule has 2 atom stereocenters. The van der Waals surface area contributed by atoms with Crippen LogP contribution in [0.4, 0.5) is 0 Å². The SMILES string of the molecule is CC(Cc1ccccc1)NC1Cc2ccc(Cl)cc2C1. The minimum Gasteiger partial charge on any atom is -0.311 e. The standard InChI is InChI=1S/C18H20ClN/c1-13(9-14-5-3-2-4-6-14)20-18-11-15-7-8-17(19)10-16(15)12-18/h2-8,10,13,18,20H,9,11-12H2,1H3. The molecule has 2 aromatic carbocycles. The minimum atomic E-state index is 0.493. The lowest BCUT2D eigenvalue weighted by Gasteiger charge is -2.19. The number of halogens is 1. The lowest BCUT2D eigenvalue weighted by molar-refractivity contribution is 0.454. The second-order valence-corrected chi connectivity index (χ2v) is 6.21. The van der Waals surface area contributed by atoms with Crippen molar-refractivity contribution in [2.24, 2.45) is 0 Å². The lowest BCUT2D eigenvalue weighted by atomic mass is 10.1. The van der Waals surface area contributed by atoms with Crippen molar-refractivity contribution in [1.82, 2.24) is 5.32 Å². The van der Waals surface area contributed by atoms with E-state index in [1.54, 1.807) is 0 Å². The topological polar surface area (TPSA) is 12.0 Å². The molecule has 2 unspecified atom stereocenters. The summed E-state index contributed by atoms with van der Waals surface area (Å²) >= 11 is 6.06. The summed E-state index contributed by atoms with van der Waals surface area (Å²) in [5.74, 6) is 0. The largest absolute Gasteiger partial charge is 0.311 e. The van der Waals surface area contributed by atoms with E-state index in [1.165, 1.54) is 16.7 Å². The first-order valence-corrected chi connectivity index (χ1v) is 7.66.